The Kier molecular flexibility index (Phi) is 4.90. The average Bonchev–Trinajstić information content (AvgIpc) is 2.60. The lowest BCUT2D eigenvalue weighted by Crippen LogP contribution is -2.41. The van der Waals surface area contributed by atoms with Gasteiger partial charge in [0.1, 0.15) is 5.82 Å². The highest BCUT2D eigenvalue weighted by Gasteiger charge is 2.19. The van der Waals surface area contributed by atoms with Gasteiger partial charge in [-0.1, -0.05) is 18.6 Å². The van der Waals surface area contributed by atoms with Crippen LogP contribution in [0, 0.1) is 5.82 Å². The van der Waals surface area contributed by atoms with Crippen LogP contribution in [0.25, 0.3) is 0 Å². The summed E-state index contributed by atoms with van der Waals surface area (Å²) < 4.78 is 39.5. The fourth-order valence-corrected chi connectivity index (χ4v) is 3.64. The lowest BCUT2D eigenvalue weighted by Gasteiger charge is -2.16. The Bertz CT molecular complexity index is 494. The smallest absolute Gasteiger partial charge is 0.216 e. The number of hydrogen-bond acceptors (Lipinski definition) is 3. The minimum atomic E-state index is -3.38. The number of hydrogen-bond donors (Lipinski definition) is 2. The monoisotopic (exact) mass is 286 g/mol. The number of halogens is 1. The molecule has 1 aromatic carbocycles. The summed E-state index contributed by atoms with van der Waals surface area (Å²) in [7, 11) is -3.38. The summed E-state index contributed by atoms with van der Waals surface area (Å²) in [5, 5.41) is 3.21. The number of benzene rings is 1. The predicted octanol–water partition coefficient (Wildman–Crippen LogP) is 1.39. The largest absolute Gasteiger partial charge is 0.315 e. The fraction of sp³-hybridized carbons (Fsp3) is 0.538. The van der Waals surface area contributed by atoms with Crippen molar-refractivity contribution in [1.82, 2.24) is 10.0 Å². The standard InChI is InChI=1S/C13H19FN2O2S/c14-12-6-4-11(5-7-12)10-19(17,18)16-13-3-1-2-8-15-9-13/h4-7,13,15-16H,1-3,8-10H2. The van der Waals surface area contributed by atoms with Crippen LogP contribution in [0.2, 0.25) is 0 Å². The van der Waals surface area contributed by atoms with Gasteiger partial charge in [-0.15, -0.1) is 0 Å². The van der Waals surface area contributed by atoms with Gasteiger partial charge in [0.15, 0.2) is 0 Å². The van der Waals surface area contributed by atoms with E-state index in [1.54, 1.807) is 0 Å². The summed E-state index contributed by atoms with van der Waals surface area (Å²) in [6, 6.07) is 5.50. The molecule has 106 valence electrons. The second kappa shape index (κ2) is 6.45. The van der Waals surface area contributed by atoms with Crippen molar-refractivity contribution < 1.29 is 12.8 Å². The van der Waals surface area contributed by atoms with Gasteiger partial charge in [0.05, 0.1) is 5.75 Å². The van der Waals surface area contributed by atoms with E-state index in [1.165, 1.54) is 24.3 Å². The third-order valence-electron chi connectivity index (χ3n) is 3.16. The zero-order chi connectivity index (χ0) is 13.7. The van der Waals surface area contributed by atoms with Gasteiger partial charge in [-0.25, -0.2) is 17.5 Å². The second-order valence-electron chi connectivity index (χ2n) is 4.90. The predicted molar refractivity (Wildman–Crippen MR) is 72.7 cm³/mol. The van der Waals surface area contributed by atoms with Crippen LogP contribution in [0.1, 0.15) is 24.8 Å². The molecule has 19 heavy (non-hydrogen) atoms. The molecule has 0 spiro atoms. The minimum Gasteiger partial charge on any atom is -0.315 e. The first kappa shape index (κ1) is 14.4. The number of rotatable bonds is 4. The van der Waals surface area contributed by atoms with Crippen molar-refractivity contribution in [3.05, 3.63) is 35.6 Å². The topological polar surface area (TPSA) is 58.2 Å². The molecule has 1 saturated heterocycles. The molecule has 0 bridgehead atoms. The first-order chi connectivity index (χ1) is 9.05. The normalized spacial score (nSPS) is 21.0. The molecule has 4 nitrogen and oxygen atoms in total. The highest BCUT2D eigenvalue weighted by molar-refractivity contribution is 7.88. The molecule has 2 N–H and O–H groups in total. The Hall–Kier alpha value is -0.980. The summed E-state index contributed by atoms with van der Waals surface area (Å²) in [5.74, 6) is -0.467. The van der Waals surface area contributed by atoms with Gasteiger partial charge in [0, 0.05) is 12.6 Å². The summed E-state index contributed by atoms with van der Waals surface area (Å²) in [5.41, 5.74) is 0.593. The van der Waals surface area contributed by atoms with Crippen molar-refractivity contribution in [3.8, 4) is 0 Å². The maximum atomic E-state index is 12.8. The Balaban J connectivity index is 1.95. The van der Waals surface area contributed by atoms with Crippen molar-refractivity contribution in [2.24, 2.45) is 0 Å². The van der Waals surface area contributed by atoms with Gasteiger partial charge in [0.25, 0.3) is 0 Å². The molecule has 0 aliphatic carbocycles. The van der Waals surface area contributed by atoms with Crippen molar-refractivity contribution in [1.29, 1.82) is 0 Å². The number of nitrogens with one attached hydrogen (secondary N) is 2. The van der Waals surface area contributed by atoms with Crippen molar-refractivity contribution in [2.75, 3.05) is 13.1 Å². The molecule has 0 radical (unpaired) electrons. The lowest BCUT2D eigenvalue weighted by molar-refractivity contribution is 0.520. The Morgan fingerprint density at radius 1 is 1.26 bits per heavy atom. The molecule has 6 heteroatoms. The van der Waals surface area contributed by atoms with E-state index >= 15 is 0 Å². The lowest BCUT2D eigenvalue weighted by atomic mass is 10.2. The van der Waals surface area contributed by atoms with Crippen molar-refractivity contribution >= 4 is 10.0 Å². The molecule has 1 fully saturated rings. The molecule has 1 heterocycles. The molecule has 1 unspecified atom stereocenters. The minimum absolute atomic E-state index is 0.0482. The maximum Gasteiger partial charge on any atom is 0.216 e. The van der Waals surface area contributed by atoms with Crippen LogP contribution >= 0.6 is 0 Å². The van der Waals surface area contributed by atoms with Gasteiger partial charge < -0.3 is 5.32 Å². The molecule has 1 atom stereocenters. The second-order valence-corrected chi connectivity index (χ2v) is 6.65. The zero-order valence-electron chi connectivity index (χ0n) is 10.7. The molecule has 1 aromatic rings. The molecular formula is C13H19FN2O2S. The zero-order valence-corrected chi connectivity index (χ0v) is 11.5. The van der Waals surface area contributed by atoms with E-state index in [-0.39, 0.29) is 17.6 Å². The fourth-order valence-electron chi connectivity index (χ4n) is 2.22. The van der Waals surface area contributed by atoms with E-state index in [9.17, 15) is 12.8 Å². The van der Waals surface area contributed by atoms with E-state index in [4.69, 9.17) is 0 Å². The molecule has 0 aromatic heterocycles. The molecule has 0 amide bonds. The third kappa shape index (κ3) is 4.89. The Labute approximate surface area is 113 Å². The van der Waals surface area contributed by atoms with Crippen LogP contribution in [-0.2, 0) is 15.8 Å². The third-order valence-corrected chi connectivity index (χ3v) is 4.57. The molecule has 1 aliphatic heterocycles. The summed E-state index contributed by atoms with van der Waals surface area (Å²) in [6.07, 6.45) is 2.96. The first-order valence-electron chi connectivity index (χ1n) is 6.50. The Morgan fingerprint density at radius 2 is 2.00 bits per heavy atom. The quantitative estimate of drug-likeness (QED) is 0.879. The van der Waals surface area contributed by atoms with Gasteiger partial charge in [-0.05, 0) is 37.1 Å². The van der Waals surface area contributed by atoms with Crippen molar-refractivity contribution in [3.63, 3.8) is 0 Å². The number of sulfonamides is 1. The van der Waals surface area contributed by atoms with Crippen LogP contribution < -0.4 is 10.0 Å². The molecule has 1 aliphatic rings. The van der Waals surface area contributed by atoms with Gasteiger partial charge in [-0.3, -0.25) is 0 Å². The average molecular weight is 286 g/mol. The van der Waals surface area contributed by atoms with E-state index < -0.39 is 10.0 Å². The maximum absolute atomic E-state index is 12.8. The van der Waals surface area contributed by atoms with Crippen LogP contribution in [-0.4, -0.2) is 27.5 Å². The summed E-state index contributed by atoms with van der Waals surface area (Å²) in [6.45, 7) is 1.61. The van der Waals surface area contributed by atoms with Crippen LogP contribution in [0.5, 0.6) is 0 Å². The van der Waals surface area contributed by atoms with Gasteiger partial charge in [0.2, 0.25) is 10.0 Å². The van der Waals surface area contributed by atoms with Gasteiger partial charge >= 0.3 is 0 Å². The Morgan fingerprint density at radius 3 is 2.74 bits per heavy atom. The highest BCUT2D eigenvalue weighted by Crippen LogP contribution is 2.10. The summed E-state index contributed by atoms with van der Waals surface area (Å²) in [4.78, 5) is 0. The van der Waals surface area contributed by atoms with Gasteiger partial charge in [-0.2, -0.15) is 0 Å². The SMILES string of the molecule is O=S(=O)(Cc1ccc(F)cc1)NC1CCCCNC1. The van der Waals surface area contributed by atoms with E-state index in [1.807, 2.05) is 0 Å². The van der Waals surface area contributed by atoms with Crippen LogP contribution in [0.3, 0.4) is 0 Å². The van der Waals surface area contributed by atoms with E-state index in [0.717, 1.165) is 25.8 Å². The van der Waals surface area contributed by atoms with Crippen LogP contribution in [0.4, 0.5) is 4.39 Å². The van der Waals surface area contributed by atoms with Crippen LogP contribution in [0.15, 0.2) is 24.3 Å². The van der Waals surface area contributed by atoms with E-state index in [2.05, 4.69) is 10.0 Å². The first-order valence-corrected chi connectivity index (χ1v) is 8.15. The van der Waals surface area contributed by atoms with E-state index in [0.29, 0.717) is 12.1 Å². The molecular weight excluding hydrogens is 267 g/mol. The molecule has 2 rings (SSSR count). The highest BCUT2D eigenvalue weighted by atomic mass is 32.2. The molecule has 0 saturated carbocycles. The van der Waals surface area contributed by atoms with Crippen molar-refractivity contribution in [2.45, 2.75) is 31.1 Å². The summed E-state index contributed by atoms with van der Waals surface area (Å²) >= 11 is 0.